The van der Waals surface area contributed by atoms with Gasteiger partial charge in [-0.25, -0.2) is 0 Å². The molecule has 5 heteroatoms. The summed E-state index contributed by atoms with van der Waals surface area (Å²) in [6.45, 7) is 4.68. The number of carbonyl (C=O) groups is 1. The summed E-state index contributed by atoms with van der Waals surface area (Å²) in [5, 5.41) is 3.09. The highest BCUT2D eigenvalue weighted by Crippen LogP contribution is 2.31. The summed E-state index contributed by atoms with van der Waals surface area (Å²) in [6, 6.07) is 6.36. The summed E-state index contributed by atoms with van der Waals surface area (Å²) in [4.78, 5) is 13.7. The number of nitrogens with two attached hydrogens (primary N) is 1. The summed E-state index contributed by atoms with van der Waals surface area (Å²) >= 11 is 1.72. The maximum Gasteiger partial charge on any atom is 0.225 e. The molecule has 124 valence electrons. The summed E-state index contributed by atoms with van der Waals surface area (Å²) in [6.07, 6.45) is 6.14. The molecule has 1 aromatic rings. The van der Waals surface area contributed by atoms with Gasteiger partial charge in [0.05, 0.1) is 5.92 Å². The van der Waals surface area contributed by atoms with Crippen LogP contribution < -0.4 is 11.1 Å². The Kier molecular flexibility index (Phi) is 7.23. The normalized spacial score (nSPS) is 24.5. The molecule has 1 saturated carbocycles. The average molecular weight is 343 g/mol. The van der Waals surface area contributed by atoms with E-state index in [4.69, 9.17) is 5.73 Å². The number of aryl methyl sites for hydroxylation is 1. The van der Waals surface area contributed by atoms with Crippen molar-refractivity contribution in [3.05, 3.63) is 29.3 Å². The van der Waals surface area contributed by atoms with Gasteiger partial charge in [-0.15, -0.1) is 24.2 Å². The number of benzene rings is 1. The van der Waals surface area contributed by atoms with Gasteiger partial charge in [0.25, 0.3) is 0 Å². The Morgan fingerprint density at radius 3 is 2.82 bits per heavy atom. The molecule has 1 fully saturated rings. The molecule has 0 aliphatic heterocycles. The average Bonchev–Trinajstić information content (AvgIpc) is 2.45. The number of nitrogens with one attached hydrogen (secondary N) is 1. The third kappa shape index (κ3) is 4.64. The zero-order valence-electron chi connectivity index (χ0n) is 13.6. The van der Waals surface area contributed by atoms with E-state index >= 15 is 0 Å². The molecule has 0 aromatic heterocycles. The van der Waals surface area contributed by atoms with Crippen molar-refractivity contribution >= 4 is 30.1 Å². The fourth-order valence-corrected chi connectivity index (χ4v) is 3.80. The third-order valence-electron chi connectivity index (χ3n) is 4.47. The van der Waals surface area contributed by atoms with Crippen LogP contribution >= 0.6 is 24.2 Å². The van der Waals surface area contributed by atoms with Crippen LogP contribution in [0.3, 0.4) is 0 Å². The van der Waals surface area contributed by atoms with E-state index < -0.39 is 0 Å². The first-order valence-electron chi connectivity index (χ1n) is 7.64. The highest BCUT2D eigenvalue weighted by atomic mass is 35.5. The molecule has 1 aromatic carbocycles. The molecule has 2 unspecified atom stereocenters. The van der Waals surface area contributed by atoms with E-state index in [9.17, 15) is 4.79 Å². The van der Waals surface area contributed by atoms with Crippen molar-refractivity contribution in [1.82, 2.24) is 5.32 Å². The van der Waals surface area contributed by atoms with E-state index in [1.165, 1.54) is 16.0 Å². The molecular formula is C17H27ClN2OS. The lowest BCUT2D eigenvalue weighted by Crippen LogP contribution is -2.52. The molecule has 1 amide bonds. The smallest absolute Gasteiger partial charge is 0.225 e. The topological polar surface area (TPSA) is 55.1 Å². The van der Waals surface area contributed by atoms with Crippen LogP contribution in [0.5, 0.6) is 0 Å². The minimum Gasteiger partial charge on any atom is -0.352 e. The van der Waals surface area contributed by atoms with Gasteiger partial charge < -0.3 is 11.1 Å². The number of carbonyl (C=O) groups excluding carboxylic acids is 1. The Morgan fingerprint density at radius 1 is 1.45 bits per heavy atom. The maximum absolute atomic E-state index is 12.5. The van der Waals surface area contributed by atoms with Crippen molar-refractivity contribution in [3.8, 4) is 0 Å². The molecule has 0 radical (unpaired) electrons. The minimum absolute atomic E-state index is 0. The summed E-state index contributed by atoms with van der Waals surface area (Å²) < 4.78 is 0. The lowest BCUT2D eigenvalue weighted by molar-refractivity contribution is -0.128. The summed E-state index contributed by atoms with van der Waals surface area (Å²) in [5.74, 6) is 0.0433. The first kappa shape index (κ1) is 19.3. The Balaban J connectivity index is 0.00000242. The van der Waals surface area contributed by atoms with Gasteiger partial charge in [-0.2, -0.15) is 0 Å². The van der Waals surface area contributed by atoms with Gasteiger partial charge in [0, 0.05) is 17.0 Å². The SMILES string of the molecule is CSc1cc(C)ccc1CNC(=O)C1CCCCC1(C)N.Cl. The highest BCUT2D eigenvalue weighted by Gasteiger charge is 2.37. The number of rotatable bonds is 4. The van der Waals surface area contributed by atoms with Crippen molar-refractivity contribution in [3.63, 3.8) is 0 Å². The molecule has 2 rings (SSSR count). The molecule has 3 N–H and O–H groups in total. The van der Waals surface area contributed by atoms with Gasteiger partial charge in [-0.1, -0.05) is 25.0 Å². The van der Waals surface area contributed by atoms with Crippen LogP contribution in [0, 0.1) is 12.8 Å². The van der Waals surface area contributed by atoms with Crippen molar-refractivity contribution in [2.45, 2.75) is 56.5 Å². The monoisotopic (exact) mass is 342 g/mol. The van der Waals surface area contributed by atoms with Crippen LogP contribution in [0.15, 0.2) is 23.1 Å². The van der Waals surface area contributed by atoms with Gasteiger partial charge in [-0.05, 0) is 50.1 Å². The molecule has 0 spiro atoms. The number of halogens is 1. The predicted molar refractivity (Wildman–Crippen MR) is 96.6 cm³/mol. The molecule has 1 aliphatic rings. The van der Waals surface area contributed by atoms with Gasteiger partial charge in [0.15, 0.2) is 0 Å². The van der Waals surface area contributed by atoms with E-state index in [1.807, 2.05) is 6.92 Å². The fourth-order valence-electron chi connectivity index (χ4n) is 3.09. The summed E-state index contributed by atoms with van der Waals surface area (Å²) in [5.41, 5.74) is 8.36. The van der Waals surface area contributed by atoms with Gasteiger partial charge in [0.2, 0.25) is 5.91 Å². The molecule has 22 heavy (non-hydrogen) atoms. The first-order chi connectivity index (χ1) is 9.94. The lowest BCUT2D eigenvalue weighted by Gasteiger charge is -2.37. The zero-order chi connectivity index (χ0) is 15.5. The maximum atomic E-state index is 12.5. The second-order valence-electron chi connectivity index (χ2n) is 6.34. The van der Waals surface area contributed by atoms with Gasteiger partial charge in [0.1, 0.15) is 0 Å². The molecule has 3 nitrogen and oxygen atoms in total. The Morgan fingerprint density at radius 2 is 2.18 bits per heavy atom. The number of amides is 1. The number of hydrogen-bond donors (Lipinski definition) is 2. The van der Waals surface area contributed by atoms with Gasteiger partial charge in [-0.3, -0.25) is 4.79 Å². The molecular weight excluding hydrogens is 316 g/mol. The number of thioether (sulfide) groups is 1. The fraction of sp³-hybridized carbons (Fsp3) is 0.588. The Hall–Kier alpha value is -0.710. The van der Waals surface area contributed by atoms with Crippen molar-refractivity contribution in [2.75, 3.05) is 6.26 Å². The Bertz CT molecular complexity index is 519. The summed E-state index contributed by atoms with van der Waals surface area (Å²) in [7, 11) is 0. The third-order valence-corrected chi connectivity index (χ3v) is 5.29. The predicted octanol–water partition coefficient (Wildman–Crippen LogP) is 3.66. The molecule has 2 atom stereocenters. The van der Waals surface area contributed by atoms with Crippen LogP contribution in [0.2, 0.25) is 0 Å². The standard InChI is InChI=1S/C17H26N2OS.ClH/c1-12-7-8-13(15(10-12)21-3)11-19-16(20)14-6-4-5-9-17(14,2)18;/h7-8,10,14H,4-6,9,11,18H2,1-3H3,(H,19,20);1H. The van der Waals surface area contributed by atoms with Crippen molar-refractivity contribution in [1.29, 1.82) is 0 Å². The van der Waals surface area contributed by atoms with Crippen LogP contribution in [0.25, 0.3) is 0 Å². The van der Waals surface area contributed by atoms with Gasteiger partial charge >= 0.3 is 0 Å². The van der Waals surface area contributed by atoms with Crippen LogP contribution in [0.4, 0.5) is 0 Å². The van der Waals surface area contributed by atoms with E-state index in [-0.39, 0.29) is 29.8 Å². The van der Waals surface area contributed by atoms with Crippen LogP contribution in [-0.2, 0) is 11.3 Å². The Labute approximate surface area is 144 Å². The second kappa shape index (κ2) is 8.23. The molecule has 0 saturated heterocycles. The second-order valence-corrected chi connectivity index (χ2v) is 7.19. The highest BCUT2D eigenvalue weighted by molar-refractivity contribution is 7.98. The largest absolute Gasteiger partial charge is 0.352 e. The molecule has 0 heterocycles. The van der Waals surface area contributed by atoms with Crippen LogP contribution in [0.1, 0.15) is 43.7 Å². The molecule has 0 bridgehead atoms. The first-order valence-corrected chi connectivity index (χ1v) is 8.86. The van der Waals surface area contributed by atoms with E-state index in [0.29, 0.717) is 6.54 Å². The molecule has 1 aliphatic carbocycles. The van der Waals surface area contributed by atoms with Crippen molar-refractivity contribution in [2.24, 2.45) is 11.7 Å². The van der Waals surface area contributed by atoms with E-state index in [1.54, 1.807) is 11.8 Å². The van der Waals surface area contributed by atoms with Crippen LogP contribution in [-0.4, -0.2) is 17.7 Å². The lowest BCUT2D eigenvalue weighted by atomic mass is 9.74. The van der Waals surface area contributed by atoms with Crippen molar-refractivity contribution < 1.29 is 4.79 Å². The zero-order valence-corrected chi connectivity index (χ0v) is 15.3. The number of hydrogen-bond acceptors (Lipinski definition) is 3. The quantitative estimate of drug-likeness (QED) is 0.821. The minimum atomic E-state index is -0.363. The van der Waals surface area contributed by atoms with E-state index in [2.05, 4.69) is 36.7 Å². The van der Waals surface area contributed by atoms with E-state index in [0.717, 1.165) is 25.7 Å².